The Balaban J connectivity index is -0.0000000160. The number of hydrogen-bond acceptors (Lipinski definition) is 0. The third-order valence-corrected chi connectivity index (χ3v) is 0. The molecule has 0 aliphatic heterocycles. The zero-order chi connectivity index (χ0) is 5.41. The van der Waals surface area contributed by atoms with Gasteiger partial charge in [-0.1, -0.05) is 0 Å². The van der Waals surface area contributed by atoms with Gasteiger partial charge < -0.3 is 11.0 Å². The summed E-state index contributed by atoms with van der Waals surface area (Å²) in [7, 11) is 19.4. The summed E-state index contributed by atoms with van der Waals surface area (Å²) in [4.78, 5) is 0. The van der Waals surface area contributed by atoms with Crippen molar-refractivity contribution in [2.75, 3.05) is 0 Å². The summed E-state index contributed by atoms with van der Waals surface area (Å²) in [5.41, 5.74) is 0. The van der Waals surface area contributed by atoms with Gasteiger partial charge in [0.25, 0.3) is 0 Å². The Morgan fingerprint density at radius 2 is 0.625 bits per heavy atom. The van der Waals surface area contributed by atoms with E-state index in [1.165, 1.54) is 0 Å². The molecule has 0 atom stereocenters. The van der Waals surface area contributed by atoms with Crippen LogP contribution in [0.4, 0.5) is 0 Å². The molecular formula is H4Cl4O2Ru2. The monoisotopic (exact) mass is 380 g/mol. The van der Waals surface area contributed by atoms with Gasteiger partial charge in [-0.05, 0) is 0 Å². The van der Waals surface area contributed by atoms with Crippen LogP contribution in [0.1, 0.15) is 0 Å². The van der Waals surface area contributed by atoms with Gasteiger partial charge in [-0.3, -0.25) is 0 Å². The summed E-state index contributed by atoms with van der Waals surface area (Å²) in [6.07, 6.45) is 0. The van der Waals surface area contributed by atoms with E-state index in [1.54, 1.807) is 0 Å². The van der Waals surface area contributed by atoms with Crippen LogP contribution in [0.3, 0.4) is 0 Å². The van der Waals surface area contributed by atoms with Crippen molar-refractivity contribution in [2.45, 2.75) is 0 Å². The first-order valence-electron chi connectivity index (χ1n) is 0.535. The molecule has 0 heterocycles. The van der Waals surface area contributed by atoms with Gasteiger partial charge in [0.15, 0.2) is 0 Å². The number of halogens is 4. The van der Waals surface area contributed by atoms with Crippen molar-refractivity contribution < 1.29 is 41.2 Å². The molecule has 0 aromatic carbocycles. The molecular weight excluding hydrogens is 376 g/mol. The van der Waals surface area contributed by atoms with Gasteiger partial charge in [0.1, 0.15) is 0 Å². The fourth-order valence-corrected chi connectivity index (χ4v) is 0. The predicted molar refractivity (Wildman–Crippen MR) is 30.6 cm³/mol. The maximum atomic E-state index is 4.85. The van der Waals surface area contributed by atoms with E-state index in [2.05, 4.69) is 0 Å². The van der Waals surface area contributed by atoms with Gasteiger partial charge in [0.2, 0.25) is 0 Å². The van der Waals surface area contributed by atoms with Gasteiger partial charge >= 0.3 is 69.1 Å². The fourth-order valence-electron chi connectivity index (χ4n) is 0. The maximum absolute atomic E-state index is 4.85. The Morgan fingerprint density at radius 3 is 0.625 bits per heavy atom. The minimum atomic E-state index is -0.346. The molecule has 0 aromatic rings. The molecule has 0 fully saturated rings. The molecule has 0 rings (SSSR count). The SMILES string of the molecule is O.O.[Cl][Ru][Cl].[Cl][Ru][Cl]. The van der Waals surface area contributed by atoms with Crippen molar-refractivity contribution in [3.05, 3.63) is 0 Å². The van der Waals surface area contributed by atoms with Crippen LogP contribution < -0.4 is 0 Å². The molecule has 60 valence electrons. The topological polar surface area (TPSA) is 63.0 Å². The quantitative estimate of drug-likeness (QED) is 0.566. The summed E-state index contributed by atoms with van der Waals surface area (Å²) in [5, 5.41) is 0. The summed E-state index contributed by atoms with van der Waals surface area (Å²) in [5.74, 6) is 0. The number of hydrogen-bond donors (Lipinski definition) is 0. The Kier molecular flexibility index (Phi) is 96.9. The van der Waals surface area contributed by atoms with Crippen molar-refractivity contribution in [1.82, 2.24) is 0 Å². The molecule has 0 spiro atoms. The minimum absolute atomic E-state index is 0. The molecule has 0 saturated carbocycles. The molecule has 0 aliphatic rings. The van der Waals surface area contributed by atoms with Crippen LogP contribution in [-0.2, 0) is 30.3 Å². The van der Waals surface area contributed by atoms with Crippen LogP contribution in [0, 0.1) is 0 Å². The van der Waals surface area contributed by atoms with Gasteiger partial charge in [-0.15, -0.1) is 0 Å². The number of rotatable bonds is 0. The molecule has 0 unspecified atom stereocenters. The summed E-state index contributed by atoms with van der Waals surface area (Å²) < 4.78 is 0. The Hall–Kier alpha value is 2.33. The van der Waals surface area contributed by atoms with Gasteiger partial charge in [-0.25, -0.2) is 0 Å². The van der Waals surface area contributed by atoms with E-state index in [0.717, 1.165) is 0 Å². The van der Waals surface area contributed by atoms with Crippen LogP contribution in [0.2, 0.25) is 0 Å². The Morgan fingerprint density at radius 1 is 0.625 bits per heavy atom. The molecule has 0 amide bonds. The second kappa shape index (κ2) is 34.5. The van der Waals surface area contributed by atoms with E-state index in [9.17, 15) is 0 Å². The van der Waals surface area contributed by atoms with Gasteiger partial charge in [0.05, 0.1) is 0 Å². The zero-order valence-electron chi connectivity index (χ0n) is 3.22. The fraction of sp³-hybridized carbons (Fsp3) is 0. The van der Waals surface area contributed by atoms with Crippen LogP contribution in [-0.4, -0.2) is 11.0 Å². The standard InChI is InChI=1S/4ClH.2H2O.2Ru/h4*1H;2*1H2;;/q;;;;;;2*+2/p-4. The second-order valence-corrected chi connectivity index (χ2v) is 5.38. The summed E-state index contributed by atoms with van der Waals surface area (Å²) in [6.45, 7) is 0. The molecule has 0 aromatic heterocycles. The first-order valence-corrected chi connectivity index (χ1v) is 9.49. The van der Waals surface area contributed by atoms with E-state index in [1.807, 2.05) is 0 Å². The molecule has 0 radical (unpaired) electrons. The van der Waals surface area contributed by atoms with Crippen molar-refractivity contribution in [2.24, 2.45) is 0 Å². The molecule has 8 heteroatoms. The van der Waals surface area contributed by atoms with E-state index >= 15 is 0 Å². The van der Waals surface area contributed by atoms with Crippen LogP contribution >= 0.6 is 38.8 Å². The Labute approximate surface area is 79.2 Å². The van der Waals surface area contributed by atoms with Crippen LogP contribution in [0.25, 0.3) is 0 Å². The third-order valence-electron chi connectivity index (χ3n) is 0. The van der Waals surface area contributed by atoms with Crippen molar-refractivity contribution in [3.63, 3.8) is 0 Å². The molecule has 8 heavy (non-hydrogen) atoms. The normalized spacial score (nSPS) is 5.50. The van der Waals surface area contributed by atoms with E-state index in [4.69, 9.17) is 38.8 Å². The zero-order valence-corrected chi connectivity index (χ0v) is 9.72. The van der Waals surface area contributed by atoms with Crippen molar-refractivity contribution in [1.29, 1.82) is 0 Å². The second-order valence-electron chi connectivity index (χ2n) is 0.101. The average molecular weight is 380 g/mol. The van der Waals surface area contributed by atoms with Gasteiger partial charge in [-0.2, -0.15) is 0 Å². The molecule has 4 N–H and O–H groups in total. The van der Waals surface area contributed by atoms with Crippen LogP contribution in [0.15, 0.2) is 0 Å². The summed E-state index contributed by atoms with van der Waals surface area (Å²) >= 11 is -0.691. The van der Waals surface area contributed by atoms with E-state index in [-0.39, 0.29) is 41.2 Å². The molecule has 2 nitrogen and oxygen atoms in total. The molecule has 0 saturated heterocycles. The van der Waals surface area contributed by atoms with Crippen LogP contribution in [0.5, 0.6) is 0 Å². The van der Waals surface area contributed by atoms with E-state index in [0.29, 0.717) is 0 Å². The first-order chi connectivity index (χ1) is 2.83. The first kappa shape index (κ1) is 22.4. The molecule has 0 aliphatic carbocycles. The van der Waals surface area contributed by atoms with Crippen molar-refractivity contribution in [3.8, 4) is 0 Å². The third kappa shape index (κ3) is 82.6. The average Bonchev–Trinajstić information content (AvgIpc) is 1.39. The Bertz CT molecular complexity index is 14.0. The molecule has 0 bridgehead atoms. The van der Waals surface area contributed by atoms with E-state index < -0.39 is 0 Å². The van der Waals surface area contributed by atoms with Gasteiger partial charge in [0, 0.05) is 0 Å². The summed E-state index contributed by atoms with van der Waals surface area (Å²) in [6, 6.07) is 0. The van der Waals surface area contributed by atoms with Crippen molar-refractivity contribution >= 4 is 38.8 Å². The predicted octanol–water partition coefficient (Wildman–Crippen LogP) is 1.10.